The maximum absolute atomic E-state index is 13.0. The van der Waals surface area contributed by atoms with Gasteiger partial charge < -0.3 is 10.6 Å². The first-order chi connectivity index (χ1) is 9.74. The van der Waals surface area contributed by atoms with Crippen LogP contribution in [0.2, 0.25) is 0 Å². The van der Waals surface area contributed by atoms with Gasteiger partial charge in [-0.3, -0.25) is 0 Å². The molecule has 2 aromatic rings. The summed E-state index contributed by atoms with van der Waals surface area (Å²) < 4.78 is 13.0. The second kappa shape index (κ2) is 7.28. The molecule has 0 spiro atoms. The monoisotopic (exact) mass is 272 g/mol. The van der Waals surface area contributed by atoms with Gasteiger partial charge in [-0.1, -0.05) is 42.5 Å². The van der Waals surface area contributed by atoms with Crippen molar-refractivity contribution in [2.24, 2.45) is 0 Å². The SMILES string of the molecule is O=C(NCCc1cccc(F)c1)NCc1ccccc1. The van der Waals surface area contributed by atoms with Crippen molar-refractivity contribution < 1.29 is 9.18 Å². The van der Waals surface area contributed by atoms with Crippen LogP contribution in [-0.4, -0.2) is 12.6 Å². The molecule has 0 aromatic heterocycles. The van der Waals surface area contributed by atoms with Crippen molar-refractivity contribution in [3.05, 3.63) is 71.5 Å². The summed E-state index contributed by atoms with van der Waals surface area (Å²) in [6, 6.07) is 15.9. The van der Waals surface area contributed by atoms with Gasteiger partial charge in [-0.2, -0.15) is 0 Å². The van der Waals surface area contributed by atoms with E-state index in [0.29, 0.717) is 19.5 Å². The third kappa shape index (κ3) is 4.72. The summed E-state index contributed by atoms with van der Waals surface area (Å²) in [5.74, 6) is -0.254. The quantitative estimate of drug-likeness (QED) is 0.863. The average Bonchev–Trinajstić information content (AvgIpc) is 2.46. The fourth-order valence-electron chi connectivity index (χ4n) is 1.85. The molecule has 0 unspecified atom stereocenters. The summed E-state index contributed by atoms with van der Waals surface area (Å²) in [6.45, 7) is 0.969. The van der Waals surface area contributed by atoms with Crippen molar-refractivity contribution >= 4 is 6.03 Å². The average molecular weight is 272 g/mol. The highest BCUT2D eigenvalue weighted by Crippen LogP contribution is 2.03. The molecule has 2 rings (SSSR count). The largest absolute Gasteiger partial charge is 0.338 e. The van der Waals surface area contributed by atoms with Crippen molar-refractivity contribution in [3.8, 4) is 0 Å². The van der Waals surface area contributed by atoms with Crippen molar-refractivity contribution in [1.29, 1.82) is 0 Å². The first-order valence-electron chi connectivity index (χ1n) is 6.54. The summed E-state index contributed by atoms with van der Waals surface area (Å²) in [6.07, 6.45) is 0.608. The van der Waals surface area contributed by atoms with E-state index in [0.717, 1.165) is 11.1 Å². The van der Waals surface area contributed by atoms with Crippen LogP contribution in [0.5, 0.6) is 0 Å². The molecule has 0 aliphatic rings. The first-order valence-corrected chi connectivity index (χ1v) is 6.54. The minimum Gasteiger partial charge on any atom is -0.338 e. The Morgan fingerprint density at radius 1 is 0.950 bits per heavy atom. The van der Waals surface area contributed by atoms with Crippen LogP contribution in [0.1, 0.15) is 11.1 Å². The number of halogens is 1. The lowest BCUT2D eigenvalue weighted by Gasteiger charge is -2.07. The van der Waals surface area contributed by atoms with Gasteiger partial charge in [0.15, 0.2) is 0 Å². The minimum atomic E-state index is -0.254. The molecule has 0 heterocycles. The minimum absolute atomic E-state index is 0.217. The lowest BCUT2D eigenvalue weighted by atomic mass is 10.1. The van der Waals surface area contributed by atoms with Crippen LogP contribution in [0.4, 0.5) is 9.18 Å². The van der Waals surface area contributed by atoms with Crippen LogP contribution in [0.25, 0.3) is 0 Å². The third-order valence-electron chi connectivity index (χ3n) is 2.88. The third-order valence-corrected chi connectivity index (χ3v) is 2.88. The zero-order chi connectivity index (χ0) is 14.2. The predicted octanol–water partition coefficient (Wildman–Crippen LogP) is 2.87. The first kappa shape index (κ1) is 14.1. The van der Waals surface area contributed by atoms with E-state index >= 15 is 0 Å². The lowest BCUT2D eigenvalue weighted by molar-refractivity contribution is 0.240. The Bertz CT molecular complexity index is 557. The number of rotatable bonds is 5. The highest BCUT2D eigenvalue weighted by molar-refractivity contribution is 5.73. The van der Waals surface area contributed by atoms with Gasteiger partial charge in [0.25, 0.3) is 0 Å². The molecule has 0 aliphatic heterocycles. The van der Waals surface area contributed by atoms with E-state index < -0.39 is 0 Å². The number of nitrogens with one attached hydrogen (secondary N) is 2. The fraction of sp³-hybridized carbons (Fsp3) is 0.188. The number of hydrogen-bond acceptors (Lipinski definition) is 1. The van der Waals surface area contributed by atoms with E-state index in [1.165, 1.54) is 12.1 Å². The van der Waals surface area contributed by atoms with Crippen LogP contribution in [0, 0.1) is 5.82 Å². The predicted molar refractivity (Wildman–Crippen MR) is 76.8 cm³/mol. The van der Waals surface area contributed by atoms with Gasteiger partial charge in [-0.25, -0.2) is 9.18 Å². The number of urea groups is 1. The zero-order valence-electron chi connectivity index (χ0n) is 11.1. The Balaban J connectivity index is 1.68. The summed E-state index contributed by atoms with van der Waals surface area (Å²) in [7, 11) is 0. The Morgan fingerprint density at radius 3 is 2.45 bits per heavy atom. The molecular formula is C16H17FN2O. The van der Waals surface area contributed by atoms with Gasteiger partial charge in [-0.05, 0) is 29.7 Å². The van der Waals surface area contributed by atoms with Crippen molar-refractivity contribution in [1.82, 2.24) is 10.6 Å². The van der Waals surface area contributed by atoms with E-state index in [9.17, 15) is 9.18 Å². The van der Waals surface area contributed by atoms with Gasteiger partial charge >= 0.3 is 6.03 Å². The molecule has 4 heteroatoms. The van der Waals surface area contributed by atoms with Gasteiger partial charge in [0, 0.05) is 13.1 Å². The second-order valence-electron chi connectivity index (χ2n) is 4.47. The van der Waals surface area contributed by atoms with Crippen LogP contribution in [0.3, 0.4) is 0 Å². The van der Waals surface area contributed by atoms with E-state index in [4.69, 9.17) is 0 Å². The number of carbonyl (C=O) groups is 1. The Morgan fingerprint density at radius 2 is 1.70 bits per heavy atom. The molecule has 0 atom stereocenters. The zero-order valence-corrected chi connectivity index (χ0v) is 11.1. The smallest absolute Gasteiger partial charge is 0.315 e. The van der Waals surface area contributed by atoms with Crippen LogP contribution >= 0.6 is 0 Å². The van der Waals surface area contributed by atoms with Gasteiger partial charge in [0.05, 0.1) is 0 Å². The standard InChI is InChI=1S/C16H17FN2O/c17-15-8-4-7-13(11-15)9-10-18-16(20)19-12-14-5-2-1-3-6-14/h1-8,11H,9-10,12H2,(H2,18,19,20). The lowest BCUT2D eigenvalue weighted by Crippen LogP contribution is -2.36. The van der Waals surface area contributed by atoms with Crippen LogP contribution in [-0.2, 0) is 13.0 Å². The van der Waals surface area contributed by atoms with Crippen LogP contribution in [0.15, 0.2) is 54.6 Å². The van der Waals surface area contributed by atoms with E-state index in [-0.39, 0.29) is 11.8 Å². The van der Waals surface area contributed by atoms with E-state index in [1.54, 1.807) is 6.07 Å². The molecule has 104 valence electrons. The van der Waals surface area contributed by atoms with Gasteiger partial charge in [0.2, 0.25) is 0 Å². The number of benzene rings is 2. The summed E-state index contributed by atoms with van der Waals surface area (Å²) >= 11 is 0. The maximum Gasteiger partial charge on any atom is 0.315 e. The second-order valence-corrected chi connectivity index (χ2v) is 4.47. The Hall–Kier alpha value is -2.36. The summed E-state index contributed by atoms with van der Waals surface area (Å²) in [5.41, 5.74) is 1.92. The number of amides is 2. The molecule has 2 N–H and O–H groups in total. The topological polar surface area (TPSA) is 41.1 Å². The molecule has 20 heavy (non-hydrogen) atoms. The summed E-state index contributed by atoms with van der Waals surface area (Å²) in [5, 5.41) is 5.52. The van der Waals surface area contributed by atoms with Crippen molar-refractivity contribution in [2.75, 3.05) is 6.54 Å². The van der Waals surface area contributed by atoms with Gasteiger partial charge in [0.1, 0.15) is 5.82 Å². The Labute approximate surface area is 117 Å². The molecule has 0 saturated heterocycles. The number of hydrogen-bond donors (Lipinski definition) is 2. The van der Waals surface area contributed by atoms with Crippen molar-refractivity contribution in [2.45, 2.75) is 13.0 Å². The molecule has 0 radical (unpaired) electrons. The van der Waals surface area contributed by atoms with Crippen molar-refractivity contribution in [3.63, 3.8) is 0 Å². The number of carbonyl (C=O) groups excluding carboxylic acids is 1. The fourth-order valence-corrected chi connectivity index (χ4v) is 1.85. The molecule has 0 fully saturated rings. The molecular weight excluding hydrogens is 255 g/mol. The highest BCUT2D eigenvalue weighted by atomic mass is 19.1. The Kier molecular flexibility index (Phi) is 5.12. The maximum atomic E-state index is 13.0. The normalized spacial score (nSPS) is 10.1. The molecule has 2 aromatic carbocycles. The molecule has 0 saturated carbocycles. The molecule has 2 amide bonds. The molecule has 3 nitrogen and oxygen atoms in total. The summed E-state index contributed by atoms with van der Waals surface area (Å²) in [4.78, 5) is 11.6. The molecule has 0 aliphatic carbocycles. The van der Waals surface area contributed by atoms with Gasteiger partial charge in [-0.15, -0.1) is 0 Å². The molecule has 0 bridgehead atoms. The van der Waals surface area contributed by atoms with Crippen LogP contribution < -0.4 is 10.6 Å². The van der Waals surface area contributed by atoms with E-state index in [1.807, 2.05) is 36.4 Å². The van der Waals surface area contributed by atoms with E-state index in [2.05, 4.69) is 10.6 Å². The highest BCUT2D eigenvalue weighted by Gasteiger charge is 2.00.